The van der Waals surface area contributed by atoms with E-state index in [4.69, 9.17) is 0 Å². The van der Waals surface area contributed by atoms with Crippen LogP contribution in [0.15, 0.2) is 59.5 Å². The van der Waals surface area contributed by atoms with Crippen molar-refractivity contribution in [3.05, 3.63) is 66.0 Å². The lowest BCUT2D eigenvalue weighted by molar-refractivity contribution is -0.114. The Morgan fingerprint density at radius 3 is 2.22 bits per heavy atom. The molecule has 0 radical (unpaired) electrons. The average molecular weight is 456 g/mol. The fourth-order valence-electron chi connectivity index (χ4n) is 3.47. The predicted octanol–water partition coefficient (Wildman–Crippen LogP) is 3.57. The molecule has 0 fully saturated rings. The van der Waals surface area contributed by atoms with Crippen molar-refractivity contribution in [2.24, 2.45) is 0 Å². The van der Waals surface area contributed by atoms with Crippen LogP contribution in [-0.4, -0.2) is 48.0 Å². The number of aryl methyl sites for hydroxylation is 1. The maximum atomic E-state index is 12.6. The van der Waals surface area contributed by atoms with E-state index >= 15 is 0 Å². The van der Waals surface area contributed by atoms with Crippen LogP contribution in [0.4, 0.5) is 11.4 Å². The molecular weight excluding hydrogens is 426 g/mol. The smallest absolute Gasteiger partial charge is 0.243 e. The largest absolute Gasteiger partial charge is 0.376 e. The summed E-state index contributed by atoms with van der Waals surface area (Å²) in [5.74, 6) is -0.219. The Bertz CT molecular complexity index is 1170. The van der Waals surface area contributed by atoms with Crippen molar-refractivity contribution in [1.29, 1.82) is 0 Å². The van der Waals surface area contributed by atoms with Gasteiger partial charge in [-0.1, -0.05) is 32.0 Å². The lowest BCUT2D eigenvalue weighted by Crippen LogP contribution is -2.30. The van der Waals surface area contributed by atoms with Gasteiger partial charge in [-0.3, -0.25) is 4.79 Å². The molecule has 0 unspecified atom stereocenters. The third-order valence-electron chi connectivity index (χ3n) is 5.21. The van der Waals surface area contributed by atoms with Gasteiger partial charge in [0, 0.05) is 18.8 Å². The summed E-state index contributed by atoms with van der Waals surface area (Å²) in [6, 6.07) is 16.1. The van der Waals surface area contributed by atoms with E-state index in [2.05, 4.69) is 15.7 Å². The second-order valence-electron chi connectivity index (χ2n) is 7.31. The monoisotopic (exact) mass is 455 g/mol. The van der Waals surface area contributed by atoms with Gasteiger partial charge in [-0.2, -0.15) is 9.40 Å². The summed E-state index contributed by atoms with van der Waals surface area (Å²) in [5, 5.41) is 10.5. The van der Waals surface area contributed by atoms with Crippen LogP contribution in [0.3, 0.4) is 0 Å². The first-order valence-corrected chi connectivity index (χ1v) is 12.0. The molecule has 3 aromatic rings. The van der Waals surface area contributed by atoms with E-state index in [1.807, 2.05) is 58.0 Å². The highest BCUT2D eigenvalue weighted by Gasteiger charge is 2.21. The van der Waals surface area contributed by atoms with E-state index in [-0.39, 0.29) is 17.3 Å². The van der Waals surface area contributed by atoms with Crippen LogP contribution in [0, 0.1) is 13.8 Å². The molecule has 0 bridgehead atoms. The van der Waals surface area contributed by atoms with E-state index in [1.54, 1.807) is 28.9 Å². The molecule has 0 aliphatic heterocycles. The predicted molar refractivity (Wildman–Crippen MR) is 127 cm³/mol. The molecule has 170 valence electrons. The summed E-state index contributed by atoms with van der Waals surface area (Å²) in [7, 11) is -3.50. The van der Waals surface area contributed by atoms with Gasteiger partial charge in [-0.05, 0) is 50.2 Å². The first kappa shape index (κ1) is 23.5. The minimum absolute atomic E-state index is 0.0392. The highest BCUT2D eigenvalue weighted by molar-refractivity contribution is 7.89. The number of rotatable bonds is 9. The van der Waals surface area contributed by atoms with E-state index in [0.717, 1.165) is 17.1 Å². The Balaban J connectivity index is 1.64. The molecule has 0 saturated carbocycles. The van der Waals surface area contributed by atoms with E-state index < -0.39 is 10.0 Å². The van der Waals surface area contributed by atoms with Gasteiger partial charge >= 0.3 is 0 Å². The lowest BCUT2D eigenvalue weighted by atomic mass is 10.3. The summed E-state index contributed by atoms with van der Waals surface area (Å²) in [6.45, 7) is 8.25. The van der Waals surface area contributed by atoms with Gasteiger partial charge in [-0.25, -0.2) is 13.1 Å². The molecule has 2 aromatic carbocycles. The second-order valence-corrected chi connectivity index (χ2v) is 9.25. The van der Waals surface area contributed by atoms with Crippen LogP contribution in [0.1, 0.15) is 25.2 Å². The summed E-state index contributed by atoms with van der Waals surface area (Å²) < 4.78 is 28.4. The number of carbonyl (C=O) groups excluding carboxylic acids is 1. The SMILES string of the molecule is CCN(CC)S(=O)(=O)c1ccc(NCC(=O)Nc2c(C)nn(-c3ccccc3)c2C)cc1. The Hall–Kier alpha value is -3.17. The molecule has 32 heavy (non-hydrogen) atoms. The Kier molecular flexibility index (Phi) is 7.32. The van der Waals surface area contributed by atoms with Gasteiger partial charge in [0.1, 0.15) is 0 Å². The Morgan fingerprint density at radius 1 is 1.00 bits per heavy atom. The summed E-state index contributed by atoms with van der Waals surface area (Å²) in [6.07, 6.45) is 0. The Morgan fingerprint density at radius 2 is 1.62 bits per heavy atom. The quantitative estimate of drug-likeness (QED) is 0.514. The number of carbonyl (C=O) groups is 1. The summed E-state index contributed by atoms with van der Waals surface area (Å²) in [4.78, 5) is 12.7. The number of nitrogens with zero attached hydrogens (tertiary/aromatic N) is 3. The van der Waals surface area contributed by atoms with Crippen LogP contribution in [0.5, 0.6) is 0 Å². The van der Waals surface area contributed by atoms with Crippen molar-refractivity contribution in [2.45, 2.75) is 32.6 Å². The molecule has 0 spiro atoms. The fourth-order valence-corrected chi connectivity index (χ4v) is 4.93. The highest BCUT2D eigenvalue weighted by atomic mass is 32.2. The van der Waals surface area contributed by atoms with Crippen molar-refractivity contribution in [3.63, 3.8) is 0 Å². The highest BCUT2D eigenvalue weighted by Crippen LogP contribution is 2.23. The maximum absolute atomic E-state index is 12.6. The first-order valence-electron chi connectivity index (χ1n) is 10.5. The first-order chi connectivity index (χ1) is 15.3. The Labute approximate surface area is 189 Å². The summed E-state index contributed by atoms with van der Waals surface area (Å²) >= 11 is 0. The molecule has 1 amide bonds. The van der Waals surface area contributed by atoms with Gasteiger partial charge < -0.3 is 10.6 Å². The lowest BCUT2D eigenvalue weighted by Gasteiger charge is -2.18. The molecule has 3 rings (SSSR count). The van der Waals surface area contributed by atoms with Crippen LogP contribution >= 0.6 is 0 Å². The molecular formula is C23H29N5O3S. The zero-order valence-corrected chi connectivity index (χ0v) is 19.6. The molecule has 0 atom stereocenters. The van der Waals surface area contributed by atoms with E-state index in [1.165, 1.54) is 4.31 Å². The van der Waals surface area contributed by atoms with Gasteiger partial charge in [0.15, 0.2) is 0 Å². The maximum Gasteiger partial charge on any atom is 0.243 e. The normalized spacial score (nSPS) is 11.5. The molecule has 8 nitrogen and oxygen atoms in total. The minimum Gasteiger partial charge on any atom is -0.376 e. The van der Waals surface area contributed by atoms with E-state index in [9.17, 15) is 13.2 Å². The van der Waals surface area contributed by atoms with Crippen molar-refractivity contribution >= 4 is 27.3 Å². The third-order valence-corrected chi connectivity index (χ3v) is 7.27. The van der Waals surface area contributed by atoms with E-state index in [0.29, 0.717) is 24.5 Å². The number of sulfonamides is 1. The number of amides is 1. The number of para-hydroxylation sites is 1. The molecule has 9 heteroatoms. The standard InChI is InChI=1S/C23H29N5O3S/c1-5-27(6-2)32(30,31)21-14-12-19(13-15-21)24-16-22(29)25-23-17(3)26-28(18(23)4)20-10-8-7-9-11-20/h7-15,24H,5-6,16H2,1-4H3,(H,25,29). The van der Waals surface area contributed by atoms with Gasteiger partial charge in [0.25, 0.3) is 0 Å². The zero-order valence-electron chi connectivity index (χ0n) is 18.8. The zero-order chi connectivity index (χ0) is 23.3. The summed E-state index contributed by atoms with van der Waals surface area (Å²) in [5.41, 5.74) is 3.83. The number of aromatic nitrogens is 2. The fraction of sp³-hybridized carbons (Fsp3) is 0.304. The van der Waals surface area contributed by atoms with Crippen LogP contribution in [0.25, 0.3) is 5.69 Å². The average Bonchev–Trinajstić information content (AvgIpc) is 3.07. The minimum atomic E-state index is -3.50. The molecule has 2 N–H and O–H groups in total. The molecule has 1 heterocycles. The molecule has 0 saturated heterocycles. The van der Waals surface area contributed by atoms with Crippen LogP contribution in [0.2, 0.25) is 0 Å². The topological polar surface area (TPSA) is 96.3 Å². The van der Waals surface area contributed by atoms with Crippen molar-refractivity contribution in [1.82, 2.24) is 14.1 Å². The van der Waals surface area contributed by atoms with Crippen LogP contribution < -0.4 is 10.6 Å². The number of benzene rings is 2. The second kappa shape index (κ2) is 9.97. The molecule has 0 aliphatic rings. The van der Waals surface area contributed by atoms with Crippen LogP contribution in [-0.2, 0) is 14.8 Å². The van der Waals surface area contributed by atoms with Gasteiger partial charge in [0.05, 0.1) is 34.2 Å². The number of hydrogen-bond donors (Lipinski definition) is 2. The van der Waals surface area contributed by atoms with Crippen molar-refractivity contribution < 1.29 is 13.2 Å². The molecule has 0 aliphatic carbocycles. The third kappa shape index (κ3) is 5.00. The molecule has 1 aromatic heterocycles. The van der Waals surface area contributed by atoms with Crippen molar-refractivity contribution in [2.75, 3.05) is 30.3 Å². The number of anilines is 2. The van der Waals surface area contributed by atoms with Gasteiger partial charge in [0.2, 0.25) is 15.9 Å². The number of hydrogen-bond acceptors (Lipinski definition) is 5. The number of nitrogens with one attached hydrogen (secondary N) is 2. The van der Waals surface area contributed by atoms with Gasteiger partial charge in [-0.15, -0.1) is 0 Å². The van der Waals surface area contributed by atoms with Crippen molar-refractivity contribution in [3.8, 4) is 5.69 Å².